The van der Waals surface area contributed by atoms with Gasteiger partial charge in [-0.05, 0) is 72.8 Å². The van der Waals surface area contributed by atoms with Gasteiger partial charge in [-0.3, -0.25) is 0 Å². The molecule has 0 fully saturated rings. The van der Waals surface area contributed by atoms with Crippen LogP contribution in [0.2, 0.25) is 10.0 Å². The van der Waals surface area contributed by atoms with Crippen molar-refractivity contribution in [1.29, 1.82) is 0 Å². The Morgan fingerprint density at radius 3 is 1.29 bits per heavy atom. The molecule has 0 bridgehead atoms. The van der Waals surface area contributed by atoms with Crippen LogP contribution in [0.4, 0.5) is 0 Å². The van der Waals surface area contributed by atoms with Gasteiger partial charge < -0.3 is 17.1 Å². The van der Waals surface area contributed by atoms with E-state index in [4.69, 9.17) is 40.3 Å². The zero-order valence-electron chi connectivity index (χ0n) is 17.8. The Balaban J connectivity index is 1.23. The Labute approximate surface area is 216 Å². The van der Waals surface area contributed by atoms with E-state index in [1.54, 1.807) is 60.7 Å². The summed E-state index contributed by atoms with van der Waals surface area (Å²) in [4.78, 5) is 32.3. The molecule has 4 rings (SSSR count). The molecule has 0 aliphatic heterocycles. The molecule has 0 N–H and O–H groups in total. The fourth-order valence-electron chi connectivity index (χ4n) is 2.63. The topological polar surface area (TPSA) is 96.8 Å². The lowest BCUT2D eigenvalue weighted by atomic mass is 10.3. The third kappa shape index (κ3) is 7.19. The van der Waals surface area contributed by atoms with Gasteiger partial charge in [0.15, 0.2) is 0 Å². The fourth-order valence-corrected chi connectivity index (χ4v) is 3.35. The molecule has 4 aromatic rings. The summed E-state index contributed by atoms with van der Waals surface area (Å²) >= 11 is 10.3. The number of carbonyl (C=O) groups is 2. The Bertz CT molecular complexity index is 1200. The van der Waals surface area contributed by atoms with E-state index < -0.39 is 27.8 Å². The van der Waals surface area contributed by atoms with Gasteiger partial charge in [0.1, 0.15) is 34.4 Å². The molecular formula is C24H14AlCl2N2O6. The Hall–Kier alpha value is -3.61. The van der Waals surface area contributed by atoms with Crippen LogP contribution in [0.1, 0.15) is 21.0 Å². The van der Waals surface area contributed by atoms with Crippen molar-refractivity contribution in [3.63, 3.8) is 0 Å². The minimum Gasteiger partial charge on any atom is -0.584 e. The lowest BCUT2D eigenvalue weighted by Gasteiger charge is -2.08. The second kappa shape index (κ2) is 11.7. The average molecular weight is 524 g/mol. The van der Waals surface area contributed by atoms with E-state index in [1.165, 1.54) is 24.5 Å². The molecule has 2 heterocycles. The summed E-state index contributed by atoms with van der Waals surface area (Å²) in [5, 5.41) is 1.18. The highest BCUT2D eigenvalue weighted by Gasteiger charge is 2.18. The summed E-state index contributed by atoms with van der Waals surface area (Å²) < 4.78 is 21.3. The molecule has 0 atom stereocenters. The van der Waals surface area contributed by atoms with Crippen LogP contribution in [0.5, 0.6) is 23.0 Å². The number of rotatable bonds is 8. The predicted octanol–water partition coefficient (Wildman–Crippen LogP) is 5.92. The van der Waals surface area contributed by atoms with E-state index in [9.17, 15) is 9.59 Å². The number of hydrogen-bond donors (Lipinski definition) is 0. The third-order valence-electron chi connectivity index (χ3n) is 4.30. The fraction of sp³-hybridized carbons (Fsp3) is 0. The summed E-state index contributed by atoms with van der Waals surface area (Å²) in [5.41, 5.74) is 0.0812. The summed E-state index contributed by atoms with van der Waals surface area (Å²) in [7, 11) is 0. The van der Waals surface area contributed by atoms with Gasteiger partial charge in [-0.25, -0.2) is 19.6 Å². The molecular weight excluding hydrogens is 510 g/mol. The maximum Gasteiger partial charge on any atom is 0.886 e. The highest BCUT2D eigenvalue weighted by molar-refractivity contribution is 6.31. The van der Waals surface area contributed by atoms with Crippen LogP contribution in [0.3, 0.4) is 0 Å². The van der Waals surface area contributed by atoms with E-state index in [1.807, 2.05) is 0 Å². The summed E-state index contributed by atoms with van der Waals surface area (Å²) in [6, 6.07) is 19.6. The van der Waals surface area contributed by atoms with Crippen molar-refractivity contribution < 1.29 is 26.6 Å². The van der Waals surface area contributed by atoms with E-state index in [-0.39, 0.29) is 11.4 Å². The molecule has 2 aromatic carbocycles. The molecule has 0 unspecified atom stereocenters. The van der Waals surface area contributed by atoms with Crippen molar-refractivity contribution in [1.82, 2.24) is 9.97 Å². The van der Waals surface area contributed by atoms with Gasteiger partial charge in [-0.1, -0.05) is 23.2 Å². The van der Waals surface area contributed by atoms with Crippen molar-refractivity contribution in [2.24, 2.45) is 0 Å². The Kier molecular flexibility index (Phi) is 8.19. The van der Waals surface area contributed by atoms with Crippen LogP contribution in [-0.2, 0) is 7.58 Å². The molecule has 0 spiro atoms. The van der Waals surface area contributed by atoms with Crippen molar-refractivity contribution in [2.75, 3.05) is 0 Å². The Morgan fingerprint density at radius 1 is 0.571 bits per heavy atom. The Morgan fingerprint density at radius 2 is 0.943 bits per heavy atom. The lowest BCUT2D eigenvalue weighted by molar-refractivity contribution is 0.0625. The molecule has 0 aliphatic carbocycles. The number of halogens is 2. The number of aromatic nitrogens is 2. The quantitative estimate of drug-likeness (QED) is 0.262. The highest BCUT2D eigenvalue weighted by Crippen LogP contribution is 2.23. The number of carbonyl (C=O) groups excluding carboxylic acids is 2. The largest absolute Gasteiger partial charge is 0.886 e. The number of ether oxygens (including phenoxy) is 2. The van der Waals surface area contributed by atoms with Gasteiger partial charge in [-0.15, -0.1) is 0 Å². The van der Waals surface area contributed by atoms with Crippen LogP contribution in [0, 0.1) is 0 Å². The highest BCUT2D eigenvalue weighted by atomic mass is 35.5. The predicted molar refractivity (Wildman–Crippen MR) is 128 cm³/mol. The van der Waals surface area contributed by atoms with Crippen molar-refractivity contribution >= 4 is 51.0 Å². The smallest absolute Gasteiger partial charge is 0.584 e. The first kappa shape index (κ1) is 24.5. The maximum atomic E-state index is 12.2. The van der Waals surface area contributed by atoms with Crippen molar-refractivity contribution in [2.45, 2.75) is 0 Å². The zero-order valence-corrected chi connectivity index (χ0v) is 20.4. The summed E-state index contributed by atoms with van der Waals surface area (Å²) in [6.45, 7) is 0. The summed E-state index contributed by atoms with van der Waals surface area (Å²) in [5.74, 6) is 0.535. The molecule has 35 heavy (non-hydrogen) atoms. The maximum absolute atomic E-state index is 12.2. The van der Waals surface area contributed by atoms with E-state index >= 15 is 0 Å². The molecule has 8 nitrogen and oxygen atoms in total. The van der Waals surface area contributed by atoms with Crippen LogP contribution in [0.15, 0.2) is 85.2 Å². The molecule has 0 saturated carbocycles. The van der Waals surface area contributed by atoms with Crippen LogP contribution in [-0.4, -0.2) is 37.8 Å². The molecule has 1 radical (unpaired) electrons. The minimum absolute atomic E-state index is 0.0406. The third-order valence-corrected chi connectivity index (χ3v) is 5.42. The number of benzene rings is 2. The first-order chi connectivity index (χ1) is 17.0. The van der Waals surface area contributed by atoms with Gasteiger partial charge in [0.25, 0.3) is 0 Å². The van der Waals surface area contributed by atoms with Crippen LogP contribution < -0.4 is 9.47 Å². The number of nitrogens with zero attached hydrogens (tertiary/aromatic N) is 2. The number of pyridine rings is 2. The van der Waals surface area contributed by atoms with Crippen molar-refractivity contribution in [3.8, 4) is 23.0 Å². The first-order valence-electron chi connectivity index (χ1n) is 9.99. The standard InChI is InChI=1S/2C12H8ClNO3.Al/c2*13-8-1-3-9(4-2-8)17-10-5-6-11(12(15)16)14-7-10;/h2*1-7H,(H,15,16);/q;;+2/p-2. The molecule has 173 valence electrons. The average Bonchev–Trinajstić information content (AvgIpc) is 2.87. The lowest BCUT2D eigenvalue weighted by Crippen LogP contribution is -2.17. The minimum atomic E-state index is -1.42. The number of hydrogen-bond acceptors (Lipinski definition) is 8. The van der Waals surface area contributed by atoms with E-state index in [2.05, 4.69) is 9.97 Å². The van der Waals surface area contributed by atoms with Gasteiger partial charge in [0.2, 0.25) is 0 Å². The summed E-state index contributed by atoms with van der Waals surface area (Å²) in [6.07, 6.45) is 2.76. The zero-order chi connectivity index (χ0) is 24.6. The second-order valence-corrected chi connectivity index (χ2v) is 8.31. The van der Waals surface area contributed by atoms with Crippen LogP contribution >= 0.6 is 23.2 Å². The monoisotopic (exact) mass is 523 g/mol. The molecule has 2 aromatic heterocycles. The SMILES string of the molecule is O=C([O][Al][O]C(=O)c1ccc(Oc2ccc(Cl)cc2)cn1)c1ccc(Oc2ccc(Cl)cc2)cn1. The van der Waals surface area contributed by atoms with Gasteiger partial charge in [-0.2, -0.15) is 0 Å². The van der Waals surface area contributed by atoms with Gasteiger partial charge in [0.05, 0.1) is 12.4 Å². The first-order valence-corrected chi connectivity index (χ1v) is 11.7. The van der Waals surface area contributed by atoms with E-state index in [0.717, 1.165) is 0 Å². The normalized spacial score (nSPS) is 10.2. The molecule has 0 amide bonds. The van der Waals surface area contributed by atoms with Crippen LogP contribution in [0.25, 0.3) is 0 Å². The molecule has 11 heteroatoms. The molecule has 0 aliphatic rings. The van der Waals surface area contributed by atoms with Crippen molar-refractivity contribution in [3.05, 3.63) is 107 Å². The second-order valence-electron chi connectivity index (χ2n) is 6.78. The molecule has 0 saturated heterocycles. The van der Waals surface area contributed by atoms with E-state index in [0.29, 0.717) is 33.0 Å². The van der Waals surface area contributed by atoms with Gasteiger partial charge in [0, 0.05) is 10.0 Å². The van der Waals surface area contributed by atoms with Gasteiger partial charge >= 0.3 is 27.8 Å².